The Labute approximate surface area is 118 Å². The van der Waals surface area contributed by atoms with Crippen LogP contribution in [0.3, 0.4) is 0 Å². The van der Waals surface area contributed by atoms with Gasteiger partial charge in [0.2, 0.25) is 0 Å². The van der Waals surface area contributed by atoms with E-state index in [2.05, 4.69) is 58.5 Å². The summed E-state index contributed by atoms with van der Waals surface area (Å²) in [6.07, 6.45) is 1.84. The first-order chi connectivity index (χ1) is 9.74. The van der Waals surface area contributed by atoms with Gasteiger partial charge in [-0.15, -0.1) is 0 Å². The summed E-state index contributed by atoms with van der Waals surface area (Å²) in [6.45, 7) is 4.21. The van der Waals surface area contributed by atoms with Crippen molar-refractivity contribution in [2.75, 3.05) is 0 Å². The molecule has 3 heteroatoms. The van der Waals surface area contributed by atoms with Gasteiger partial charge in [0.15, 0.2) is 0 Å². The predicted molar refractivity (Wildman–Crippen MR) is 80.5 cm³/mol. The number of aromatic nitrogens is 3. The highest BCUT2D eigenvalue weighted by Gasteiger charge is 2.12. The minimum atomic E-state index is 0.272. The first-order valence-corrected chi connectivity index (χ1v) is 6.78. The average Bonchev–Trinajstić information content (AvgIpc) is 3.01. The zero-order valence-electron chi connectivity index (χ0n) is 11.7. The first kappa shape index (κ1) is 12.6. The Hall–Kier alpha value is -2.42. The van der Waals surface area contributed by atoms with E-state index < -0.39 is 0 Å². The van der Waals surface area contributed by atoms with E-state index in [0.29, 0.717) is 0 Å². The fourth-order valence-electron chi connectivity index (χ4n) is 2.40. The molecule has 0 fully saturated rings. The lowest BCUT2D eigenvalue weighted by Crippen LogP contribution is -2.01. The molecule has 1 N–H and O–H groups in total. The normalized spacial score (nSPS) is 12.3. The molecule has 1 atom stereocenters. The molecule has 0 amide bonds. The van der Waals surface area contributed by atoms with Crippen LogP contribution in [0.1, 0.15) is 29.8 Å². The Morgan fingerprint density at radius 3 is 2.55 bits per heavy atom. The van der Waals surface area contributed by atoms with Gasteiger partial charge in [0.25, 0.3) is 0 Å². The lowest BCUT2D eigenvalue weighted by atomic mass is 9.95. The standard InChI is InChI=1S/C17H17N3/c1-12-10-15(16-8-9-18-20-16)11-17(19-12)13(2)14-6-4-3-5-7-14/h3-11,13H,1-2H3,(H,18,20). The minimum absolute atomic E-state index is 0.272. The Balaban J connectivity index is 2.02. The zero-order chi connectivity index (χ0) is 13.9. The Morgan fingerprint density at radius 2 is 1.85 bits per heavy atom. The Bertz CT molecular complexity index is 688. The van der Waals surface area contributed by atoms with Gasteiger partial charge in [-0.3, -0.25) is 10.1 Å². The topological polar surface area (TPSA) is 41.6 Å². The largest absolute Gasteiger partial charge is 0.285 e. The van der Waals surface area contributed by atoms with Crippen molar-refractivity contribution in [3.63, 3.8) is 0 Å². The molecule has 0 radical (unpaired) electrons. The summed E-state index contributed by atoms with van der Waals surface area (Å²) in [5.74, 6) is 0.272. The van der Waals surface area contributed by atoms with Gasteiger partial charge in [-0.1, -0.05) is 37.3 Å². The summed E-state index contributed by atoms with van der Waals surface area (Å²) in [5.41, 5.74) is 5.43. The summed E-state index contributed by atoms with van der Waals surface area (Å²) in [6, 6.07) is 16.6. The molecule has 0 saturated heterocycles. The second-order valence-corrected chi connectivity index (χ2v) is 5.01. The van der Waals surface area contributed by atoms with Crippen molar-refractivity contribution in [1.82, 2.24) is 15.2 Å². The van der Waals surface area contributed by atoms with E-state index in [1.54, 1.807) is 0 Å². The summed E-state index contributed by atoms with van der Waals surface area (Å²) < 4.78 is 0. The maximum atomic E-state index is 4.68. The van der Waals surface area contributed by atoms with Crippen LogP contribution in [-0.2, 0) is 0 Å². The lowest BCUT2D eigenvalue weighted by Gasteiger charge is -2.13. The number of benzene rings is 1. The van der Waals surface area contributed by atoms with Crippen LogP contribution in [0, 0.1) is 6.92 Å². The number of rotatable bonds is 3. The molecule has 0 spiro atoms. The molecule has 20 heavy (non-hydrogen) atoms. The fourth-order valence-corrected chi connectivity index (χ4v) is 2.40. The monoisotopic (exact) mass is 263 g/mol. The second kappa shape index (κ2) is 5.29. The van der Waals surface area contributed by atoms with Gasteiger partial charge in [0.05, 0.1) is 5.69 Å². The number of nitrogens with zero attached hydrogens (tertiary/aromatic N) is 2. The molecule has 3 rings (SSSR count). The molecule has 3 nitrogen and oxygen atoms in total. The number of hydrogen-bond acceptors (Lipinski definition) is 2. The number of aromatic amines is 1. The van der Waals surface area contributed by atoms with Crippen molar-refractivity contribution in [2.24, 2.45) is 0 Å². The third kappa shape index (κ3) is 2.48. The first-order valence-electron chi connectivity index (χ1n) is 6.78. The molecule has 0 bridgehead atoms. The van der Waals surface area contributed by atoms with Gasteiger partial charge in [0.1, 0.15) is 0 Å². The van der Waals surface area contributed by atoms with E-state index in [1.165, 1.54) is 5.56 Å². The Morgan fingerprint density at radius 1 is 1.05 bits per heavy atom. The number of H-pyrrole nitrogens is 1. The van der Waals surface area contributed by atoms with Gasteiger partial charge >= 0.3 is 0 Å². The molecule has 1 aromatic carbocycles. The van der Waals surface area contributed by atoms with Crippen LogP contribution in [0.5, 0.6) is 0 Å². The molecule has 0 aliphatic heterocycles. The quantitative estimate of drug-likeness (QED) is 0.777. The van der Waals surface area contributed by atoms with Gasteiger partial charge in [-0.2, -0.15) is 5.10 Å². The van der Waals surface area contributed by atoms with Crippen molar-refractivity contribution < 1.29 is 0 Å². The van der Waals surface area contributed by atoms with Gasteiger partial charge < -0.3 is 0 Å². The predicted octanol–water partition coefficient (Wildman–Crippen LogP) is 3.93. The lowest BCUT2D eigenvalue weighted by molar-refractivity contribution is 0.862. The van der Waals surface area contributed by atoms with Gasteiger partial charge in [-0.25, -0.2) is 0 Å². The Kier molecular flexibility index (Phi) is 3.33. The van der Waals surface area contributed by atoms with Crippen molar-refractivity contribution in [1.29, 1.82) is 0 Å². The van der Waals surface area contributed by atoms with Crippen LogP contribution < -0.4 is 0 Å². The number of aryl methyl sites for hydroxylation is 1. The second-order valence-electron chi connectivity index (χ2n) is 5.01. The molecule has 3 aromatic rings. The summed E-state index contributed by atoms with van der Waals surface area (Å²) in [5, 5.41) is 7.11. The molecule has 2 heterocycles. The maximum absolute atomic E-state index is 4.68. The van der Waals surface area contributed by atoms with Crippen molar-refractivity contribution >= 4 is 0 Å². The molecular formula is C17H17N3. The molecule has 0 saturated carbocycles. The molecular weight excluding hydrogens is 246 g/mol. The zero-order valence-corrected chi connectivity index (χ0v) is 11.7. The average molecular weight is 263 g/mol. The smallest absolute Gasteiger partial charge is 0.0921 e. The van der Waals surface area contributed by atoms with E-state index in [4.69, 9.17) is 0 Å². The molecule has 100 valence electrons. The van der Waals surface area contributed by atoms with Crippen LogP contribution in [0.25, 0.3) is 11.3 Å². The maximum Gasteiger partial charge on any atom is 0.0921 e. The molecule has 2 aromatic heterocycles. The highest BCUT2D eigenvalue weighted by Crippen LogP contribution is 2.26. The highest BCUT2D eigenvalue weighted by atomic mass is 15.1. The van der Waals surface area contributed by atoms with Crippen LogP contribution in [-0.4, -0.2) is 15.2 Å². The van der Waals surface area contributed by atoms with Crippen LogP contribution in [0.4, 0.5) is 0 Å². The van der Waals surface area contributed by atoms with Crippen molar-refractivity contribution in [3.05, 3.63) is 71.7 Å². The molecule has 1 unspecified atom stereocenters. The van der Waals surface area contributed by atoms with E-state index in [0.717, 1.165) is 22.6 Å². The van der Waals surface area contributed by atoms with Crippen molar-refractivity contribution in [3.8, 4) is 11.3 Å². The van der Waals surface area contributed by atoms with E-state index in [1.807, 2.05) is 25.3 Å². The third-order valence-electron chi connectivity index (χ3n) is 3.51. The third-order valence-corrected chi connectivity index (χ3v) is 3.51. The summed E-state index contributed by atoms with van der Waals surface area (Å²) >= 11 is 0. The highest BCUT2D eigenvalue weighted by molar-refractivity contribution is 5.59. The van der Waals surface area contributed by atoms with E-state index >= 15 is 0 Å². The summed E-state index contributed by atoms with van der Waals surface area (Å²) in [7, 11) is 0. The fraction of sp³-hybridized carbons (Fsp3) is 0.176. The van der Waals surface area contributed by atoms with Crippen LogP contribution in [0.2, 0.25) is 0 Å². The minimum Gasteiger partial charge on any atom is -0.285 e. The number of nitrogens with one attached hydrogen (secondary N) is 1. The van der Waals surface area contributed by atoms with E-state index in [9.17, 15) is 0 Å². The van der Waals surface area contributed by atoms with Crippen LogP contribution in [0.15, 0.2) is 54.7 Å². The van der Waals surface area contributed by atoms with E-state index in [-0.39, 0.29) is 5.92 Å². The number of pyridine rings is 1. The summed E-state index contributed by atoms with van der Waals surface area (Å²) in [4.78, 5) is 4.68. The van der Waals surface area contributed by atoms with Gasteiger partial charge in [0, 0.05) is 29.1 Å². The molecule has 0 aliphatic carbocycles. The van der Waals surface area contributed by atoms with Gasteiger partial charge in [-0.05, 0) is 30.7 Å². The van der Waals surface area contributed by atoms with Crippen LogP contribution >= 0.6 is 0 Å². The van der Waals surface area contributed by atoms with Crippen molar-refractivity contribution in [2.45, 2.75) is 19.8 Å². The number of hydrogen-bond donors (Lipinski definition) is 1. The SMILES string of the molecule is Cc1cc(-c2cc[nH]n2)cc(C(C)c2ccccc2)n1. The molecule has 0 aliphatic rings.